The molecule has 1 aromatic heterocycles. The third-order valence-corrected chi connectivity index (χ3v) is 10.9. The van der Waals surface area contributed by atoms with Crippen LogP contribution in [0, 0.1) is 17.3 Å². The summed E-state index contributed by atoms with van der Waals surface area (Å²) in [6, 6.07) is 13.0. The maximum Gasteiger partial charge on any atom is 0.407 e. The summed E-state index contributed by atoms with van der Waals surface area (Å²) < 4.78 is 38.2. The summed E-state index contributed by atoms with van der Waals surface area (Å²) in [6.45, 7) is 9.33. The molecule has 0 spiro atoms. The number of carbonyl (C=O) groups is 4. The number of rotatable bonds is 12. The molecule has 2 aliphatic carbocycles. The van der Waals surface area contributed by atoms with Crippen LogP contribution in [0.2, 0.25) is 0 Å². The van der Waals surface area contributed by atoms with Crippen molar-refractivity contribution in [1.29, 1.82) is 0 Å². The average molecular weight is 682 g/mol. The first-order valence-corrected chi connectivity index (χ1v) is 17.5. The number of carbonyl (C=O) groups excluding carboxylic acids is 4. The third kappa shape index (κ3) is 7.64. The van der Waals surface area contributed by atoms with E-state index in [-0.39, 0.29) is 31.9 Å². The van der Waals surface area contributed by atoms with E-state index in [1.165, 1.54) is 18.1 Å². The molecule has 3 fully saturated rings. The third-order valence-electron chi connectivity index (χ3n) is 9.04. The van der Waals surface area contributed by atoms with Crippen molar-refractivity contribution in [3.63, 3.8) is 0 Å². The van der Waals surface area contributed by atoms with Gasteiger partial charge in [0.2, 0.25) is 27.7 Å². The number of amides is 4. The largest absolute Gasteiger partial charge is 0.477 e. The Morgan fingerprint density at radius 2 is 1.81 bits per heavy atom. The highest BCUT2D eigenvalue weighted by atomic mass is 32.2. The van der Waals surface area contributed by atoms with Gasteiger partial charge in [0, 0.05) is 30.0 Å². The minimum absolute atomic E-state index is 0.116. The van der Waals surface area contributed by atoms with Crippen LogP contribution in [0.15, 0.2) is 61.2 Å². The Hall–Kier alpha value is -4.46. The molecule has 1 aliphatic heterocycles. The molecule has 1 saturated heterocycles. The maximum atomic E-state index is 14.1. The zero-order chi connectivity index (χ0) is 34.9. The minimum atomic E-state index is -3.87. The van der Waals surface area contributed by atoms with Crippen molar-refractivity contribution in [2.24, 2.45) is 17.3 Å². The van der Waals surface area contributed by atoms with Gasteiger partial charge < -0.3 is 25.0 Å². The van der Waals surface area contributed by atoms with Crippen LogP contribution in [0.25, 0.3) is 11.3 Å². The lowest BCUT2D eigenvalue weighted by Gasteiger charge is -2.35. The van der Waals surface area contributed by atoms with Gasteiger partial charge in [0.05, 0.1) is 24.7 Å². The number of sulfonamides is 1. The second-order valence-corrected chi connectivity index (χ2v) is 15.7. The lowest BCUT2D eigenvalue weighted by atomic mass is 9.85. The number of nitrogens with one attached hydrogen (secondary N) is 3. The van der Waals surface area contributed by atoms with Crippen molar-refractivity contribution in [2.75, 3.05) is 20.3 Å². The number of aromatic nitrogens is 1. The van der Waals surface area contributed by atoms with Crippen molar-refractivity contribution in [3.05, 3.63) is 61.2 Å². The van der Waals surface area contributed by atoms with E-state index in [1.807, 2.05) is 42.5 Å². The second kappa shape index (κ2) is 13.6. The number of nitrogens with zero attached hydrogens (tertiary/aromatic N) is 2. The highest BCUT2D eigenvalue weighted by Gasteiger charge is 2.62. The van der Waals surface area contributed by atoms with Gasteiger partial charge >= 0.3 is 6.09 Å². The molecule has 258 valence electrons. The molecule has 48 heavy (non-hydrogen) atoms. The molecule has 5 rings (SSSR count). The van der Waals surface area contributed by atoms with Crippen LogP contribution in [0.4, 0.5) is 4.79 Å². The molecule has 2 heterocycles. The fraction of sp³-hybridized carbons (Fsp3) is 0.500. The molecule has 14 heteroatoms. The van der Waals surface area contributed by atoms with Gasteiger partial charge in [-0.3, -0.25) is 19.1 Å². The number of hydrogen-bond acceptors (Lipinski definition) is 9. The Kier molecular flexibility index (Phi) is 9.86. The van der Waals surface area contributed by atoms with Crippen molar-refractivity contribution >= 4 is 33.8 Å². The molecule has 0 unspecified atom stereocenters. The van der Waals surface area contributed by atoms with Crippen LogP contribution in [-0.2, 0) is 29.1 Å². The first-order chi connectivity index (χ1) is 22.7. The predicted molar refractivity (Wildman–Crippen MR) is 177 cm³/mol. The Morgan fingerprint density at radius 1 is 1.10 bits per heavy atom. The smallest absolute Gasteiger partial charge is 0.407 e. The Morgan fingerprint density at radius 3 is 2.42 bits per heavy atom. The molecule has 3 N–H and O–H groups in total. The van der Waals surface area contributed by atoms with Crippen molar-refractivity contribution in [3.8, 4) is 17.1 Å². The summed E-state index contributed by atoms with van der Waals surface area (Å²) in [6.07, 6.45) is 1.99. The van der Waals surface area contributed by atoms with Gasteiger partial charge in [-0.25, -0.2) is 18.2 Å². The monoisotopic (exact) mass is 681 g/mol. The van der Waals surface area contributed by atoms with E-state index in [1.54, 1.807) is 26.8 Å². The summed E-state index contributed by atoms with van der Waals surface area (Å²) in [5.74, 6) is -2.39. The molecule has 5 atom stereocenters. The van der Waals surface area contributed by atoms with Crippen molar-refractivity contribution < 1.29 is 37.1 Å². The minimum Gasteiger partial charge on any atom is -0.477 e. The predicted octanol–water partition coefficient (Wildman–Crippen LogP) is 2.78. The van der Waals surface area contributed by atoms with E-state index in [2.05, 4.69) is 26.9 Å². The van der Waals surface area contributed by atoms with E-state index in [9.17, 15) is 27.6 Å². The van der Waals surface area contributed by atoms with Crippen LogP contribution in [0.1, 0.15) is 46.5 Å². The van der Waals surface area contributed by atoms with Crippen LogP contribution in [-0.4, -0.2) is 85.3 Å². The fourth-order valence-corrected chi connectivity index (χ4v) is 7.38. The number of hydrogen-bond donors (Lipinski definition) is 3. The zero-order valence-corrected chi connectivity index (χ0v) is 28.4. The lowest BCUT2D eigenvalue weighted by Crippen LogP contribution is -2.60. The summed E-state index contributed by atoms with van der Waals surface area (Å²) in [5, 5.41) is 4.76. The molecule has 4 amide bonds. The Labute approximate surface area is 280 Å². The summed E-state index contributed by atoms with van der Waals surface area (Å²) in [7, 11) is -2.68. The van der Waals surface area contributed by atoms with Gasteiger partial charge in [0.25, 0.3) is 5.91 Å². The molecule has 2 aromatic rings. The quantitative estimate of drug-likeness (QED) is 0.285. The van der Waals surface area contributed by atoms with Crippen LogP contribution in [0.5, 0.6) is 5.88 Å². The van der Waals surface area contributed by atoms with E-state index >= 15 is 0 Å². The molecule has 3 aliphatic rings. The maximum absolute atomic E-state index is 14.1. The summed E-state index contributed by atoms with van der Waals surface area (Å²) >= 11 is 0. The van der Waals surface area contributed by atoms with E-state index < -0.39 is 68.0 Å². The normalized spacial score (nSPS) is 24.2. The first-order valence-electron chi connectivity index (χ1n) is 16.0. The highest BCUT2D eigenvalue weighted by Crippen LogP contribution is 2.45. The number of methoxy groups -OCH3 is 1. The van der Waals surface area contributed by atoms with Gasteiger partial charge in [-0.2, -0.15) is 0 Å². The topological polar surface area (TPSA) is 173 Å². The Balaban J connectivity index is 1.37. The van der Waals surface area contributed by atoms with E-state index in [0.717, 1.165) is 11.3 Å². The van der Waals surface area contributed by atoms with Crippen molar-refractivity contribution in [1.82, 2.24) is 25.2 Å². The molecule has 1 aromatic carbocycles. The molecule has 13 nitrogen and oxygen atoms in total. The average Bonchev–Trinajstić information content (AvgIpc) is 3.98. The zero-order valence-electron chi connectivity index (χ0n) is 27.6. The first kappa shape index (κ1) is 34.9. The molecular formula is C34H43N5O8S. The molecule has 0 radical (unpaired) electrons. The Bertz CT molecular complexity index is 1670. The van der Waals surface area contributed by atoms with Crippen LogP contribution in [0.3, 0.4) is 0 Å². The van der Waals surface area contributed by atoms with E-state index in [0.29, 0.717) is 18.7 Å². The molecule has 2 saturated carbocycles. The van der Waals surface area contributed by atoms with Gasteiger partial charge in [-0.05, 0) is 37.2 Å². The fourth-order valence-electron chi connectivity index (χ4n) is 6.01. The standard InChI is InChI=1S/C34H43N5O8S/c1-6-23-18-34(23,31(42)38-48(44,45)24-15-16-24)37-29(40)26-17-21(19-39(26)30(41)28(33(2,3)4)36-32(43)46-5)20-47-27-14-10-13-25(35-27)22-11-8-7-9-12-22/h6-14,21,23-24,26,28H,1,15-20H2,2-5H3,(H,36,43)(H,37,40)(H,38,42)/t21-,23-,26+,28-,34-/m1/s1. The molecular weight excluding hydrogens is 638 g/mol. The lowest BCUT2D eigenvalue weighted by molar-refractivity contribution is -0.142. The van der Waals surface area contributed by atoms with Gasteiger partial charge in [-0.1, -0.05) is 63.2 Å². The summed E-state index contributed by atoms with van der Waals surface area (Å²) in [4.78, 5) is 59.7. The van der Waals surface area contributed by atoms with Crippen LogP contribution >= 0.6 is 0 Å². The van der Waals surface area contributed by atoms with E-state index in [4.69, 9.17) is 9.47 Å². The second-order valence-electron chi connectivity index (χ2n) is 13.8. The van der Waals surface area contributed by atoms with Crippen molar-refractivity contribution in [2.45, 2.75) is 69.3 Å². The van der Waals surface area contributed by atoms with Gasteiger partial charge in [-0.15, -0.1) is 6.58 Å². The highest BCUT2D eigenvalue weighted by molar-refractivity contribution is 7.91. The number of alkyl carbamates (subject to hydrolysis) is 1. The van der Waals surface area contributed by atoms with Gasteiger partial charge in [0.15, 0.2) is 0 Å². The number of likely N-dealkylation sites (tertiary alicyclic amines) is 1. The number of benzene rings is 1. The van der Waals surface area contributed by atoms with Crippen LogP contribution < -0.4 is 20.1 Å². The summed E-state index contributed by atoms with van der Waals surface area (Å²) in [5.41, 5.74) is -0.626. The number of ether oxygens (including phenoxy) is 2. The van der Waals surface area contributed by atoms with Gasteiger partial charge in [0.1, 0.15) is 17.6 Å². The SMILES string of the molecule is C=C[C@@H]1C[C@]1(NC(=O)[C@@H]1C[C@@H](COc2cccc(-c3ccccc3)n2)CN1C(=O)[C@@H](NC(=O)OC)C(C)(C)C)C(=O)NS(=O)(=O)C1CC1. The molecule has 0 bridgehead atoms. The number of pyridine rings is 1.